The number of ether oxygens (including phenoxy) is 1. The zero-order chi connectivity index (χ0) is 20.8. The van der Waals surface area contributed by atoms with Crippen LogP contribution in [0.5, 0.6) is 0 Å². The number of hydrogen-bond donors (Lipinski definition) is 3. The summed E-state index contributed by atoms with van der Waals surface area (Å²) in [6.07, 6.45) is 3.45. The lowest BCUT2D eigenvalue weighted by Gasteiger charge is -2.16. The summed E-state index contributed by atoms with van der Waals surface area (Å²) >= 11 is 0. The first-order chi connectivity index (χ1) is 14.5. The molecule has 5 rings (SSSR count). The normalized spacial score (nSPS) is 21.5. The lowest BCUT2D eigenvalue weighted by Crippen LogP contribution is -2.19. The molecule has 1 fully saturated rings. The Hall–Kier alpha value is -3.34. The molecule has 4 heterocycles. The number of nitrogen functional groups attached to an aromatic ring is 1. The Kier molecular flexibility index (Phi) is 4.46. The van der Waals surface area contributed by atoms with Crippen molar-refractivity contribution in [3.05, 3.63) is 48.5 Å². The molecular formula is C20H21N7O3. The Morgan fingerprint density at radius 3 is 2.73 bits per heavy atom. The summed E-state index contributed by atoms with van der Waals surface area (Å²) in [5.41, 5.74) is 10.1. The van der Waals surface area contributed by atoms with Gasteiger partial charge in [0.25, 0.3) is 5.95 Å². The zero-order valence-corrected chi connectivity index (χ0v) is 16.3. The minimum Gasteiger partial charge on any atom is -0.394 e. The Bertz CT molecular complexity index is 1200. The quantitative estimate of drug-likeness (QED) is 0.459. The second kappa shape index (κ2) is 7.17. The van der Waals surface area contributed by atoms with Crippen molar-refractivity contribution in [3.8, 4) is 17.1 Å². The van der Waals surface area contributed by atoms with E-state index in [2.05, 4.69) is 20.1 Å². The molecule has 0 bridgehead atoms. The van der Waals surface area contributed by atoms with Crippen molar-refractivity contribution in [1.82, 2.24) is 29.3 Å². The summed E-state index contributed by atoms with van der Waals surface area (Å²) in [6.45, 7) is 1.87. The average Bonchev–Trinajstić information content (AvgIpc) is 3.46. The van der Waals surface area contributed by atoms with Gasteiger partial charge in [-0.25, -0.2) is 9.67 Å². The van der Waals surface area contributed by atoms with Crippen LogP contribution in [0.2, 0.25) is 0 Å². The molecule has 0 aliphatic carbocycles. The van der Waals surface area contributed by atoms with Crippen LogP contribution in [0.1, 0.15) is 18.2 Å². The summed E-state index contributed by atoms with van der Waals surface area (Å²) in [7, 11) is 0. The maximum atomic E-state index is 10.3. The molecule has 0 radical (unpaired) electrons. The summed E-state index contributed by atoms with van der Waals surface area (Å²) < 4.78 is 8.89. The van der Waals surface area contributed by atoms with Gasteiger partial charge in [-0.1, -0.05) is 29.8 Å². The molecule has 3 atom stereocenters. The van der Waals surface area contributed by atoms with E-state index in [1.807, 2.05) is 37.4 Å². The molecule has 3 aromatic heterocycles. The zero-order valence-electron chi connectivity index (χ0n) is 16.3. The van der Waals surface area contributed by atoms with Gasteiger partial charge in [0.2, 0.25) is 0 Å². The van der Waals surface area contributed by atoms with Crippen molar-refractivity contribution in [1.29, 1.82) is 0 Å². The largest absolute Gasteiger partial charge is 0.394 e. The molecule has 10 nitrogen and oxygen atoms in total. The number of benzene rings is 1. The van der Waals surface area contributed by atoms with Crippen LogP contribution >= 0.6 is 0 Å². The van der Waals surface area contributed by atoms with Crippen LogP contribution in [-0.2, 0) is 4.74 Å². The van der Waals surface area contributed by atoms with E-state index >= 15 is 0 Å². The lowest BCUT2D eigenvalue weighted by molar-refractivity contribution is -0.0486. The van der Waals surface area contributed by atoms with E-state index < -0.39 is 18.4 Å². The van der Waals surface area contributed by atoms with E-state index in [1.165, 1.54) is 11.9 Å². The van der Waals surface area contributed by atoms with Crippen LogP contribution < -0.4 is 5.73 Å². The van der Waals surface area contributed by atoms with Crippen LogP contribution in [-0.4, -0.2) is 58.3 Å². The van der Waals surface area contributed by atoms with E-state index in [4.69, 9.17) is 10.5 Å². The number of aryl methyl sites for hydroxylation is 1. The highest BCUT2D eigenvalue weighted by Gasteiger charge is 2.36. The van der Waals surface area contributed by atoms with Gasteiger partial charge in [0.1, 0.15) is 11.6 Å². The molecule has 1 aliphatic heterocycles. The second-order valence-corrected chi connectivity index (χ2v) is 7.41. The third-order valence-corrected chi connectivity index (χ3v) is 5.25. The summed E-state index contributed by atoms with van der Waals surface area (Å²) in [5.74, 6) is 0.485. The number of anilines is 1. The molecule has 154 valence electrons. The Balaban J connectivity index is 1.54. The van der Waals surface area contributed by atoms with Gasteiger partial charge in [-0.2, -0.15) is 15.1 Å². The van der Waals surface area contributed by atoms with E-state index in [-0.39, 0.29) is 18.4 Å². The van der Waals surface area contributed by atoms with E-state index in [1.54, 1.807) is 15.4 Å². The summed E-state index contributed by atoms with van der Waals surface area (Å²) in [6, 6.07) is 8.14. The monoisotopic (exact) mass is 407 g/mol. The molecule has 0 spiro atoms. The fraction of sp³-hybridized carbons (Fsp3) is 0.300. The molecule has 1 aromatic carbocycles. The number of aliphatic hydroxyl groups excluding tert-OH is 2. The molecule has 0 amide bonds. The maximum Gasteiger partial charge on any atom is 0.254 e. The molecule has 1 saturated heterocycles. The summed E-state index contributed by atoms with van der Waals surface area (Å²) in [5, 5.41) is 24.1. The van der Waals surface area contributed by atoms with Gasteiger partial charge in [-0.05, 0) is 12.5 Å². The minimum atomic E-state index is -0.794. The van der Waals surface area contributed by atoms with Crippen LogP contribution in [0.15, 0.2) is 43.0 Å². The first-order valence-electron chi connectivity index (χ1n) is 9.60. The van der Waals surface area contributed by atoms with Crippen molar-refractivity contribution in [2.75, 3.05) is 12.3 Å². The predicted molar refractivity (Wildman–Crippen MR) is 109 cm³/mol. The highest BCUT2D eigenvalue weighted by molar-refractivity contribution is 5.82. The van der Waals surface area contributed by atoms with E-state index in [0.717, 1.165) is 11.1 Å². The molecular weight excluding hydrogens is 386 g/mol. The van der Waals surface area contributed by atoms with E-state index in [9.17, 15) is 10.2 Å². The standard InChI is InChI=1S/C20H21N7O3/c1-11-2-4-12(5-3-11)13-7-23-27(8-13)20-24-17(21)16-18(25-20)26(10-22-16)19-15(29)6-14(9-28)30-19/h2-5,7-8,10,14-15,19,28-29H,6,9H2,1H3,(H2,21,24,25)/t14-,15+,19?/m0/s1. The highest BCUT2D eigenvalue weighted by atomic mass is 16.5. The minimum absolute atomic E-state index is 0.169. The van der Waals surface area contributed by atoms with Crippen molar-refractivity contribution in [2.24, 2.45) is 0 Å². The fourth-order valence-electron chi connectivity index (χ4n) is 3.64. The fourth-order valence-corrected chi connectivity index (χ4v) is 3.64. The van der Waals surface area contributed by atoms with Gasteiger partial charge in [-0.15, -0.1) is 0 Å². The van der Waals surface area contributed by atoms with Crippen LogP contribution in [0.3, 0.4) is 0 Å². The SMILES string of the molecule is Cc1ccc(-c2cnn(-c3nc(N)c4ncn(C5O[C@H](CO)C[C@H]5O)c4n3)c2)cc1. The van der Waals surface area contributed by atoms with E-state index in [0.29, 0.717) is 17.6 Å². The molecule has 0 saturated carbocycles. The lowest BCUT2D eigenvalue weighted by atomic mass is 10.1. The number of hydrogen-bond acceptors (Lipinski definition) is 8. The topological polar surface area (TPSA) is 137 Å². The van der Waals surface area contributed by atoms with Crippen molar-refractivity contribution in [3.63, 3.8) is 0 Å². The number of fused-ring (bicyclic) bond motifs is 1. The number of nitrogens with zero attached hydrogens (tertiary/aromatic N) is 6. The van der Waals surface area contributed by atoms with Crippen molar-refractivity contribution >= 4 is 17.0 Å². The van der Waals surface area contributed by atoms with Crippen molar-refractivity contribution in [2.45, 2.75) is 31.8 Å². The van der Waals surface area contributed by atoms with Crippen LogP contribution in [0, 0.1) is 6.92 Å². The molecule has 1 aliphatic rings. The first-order valence-corrected chi connectivity index (χ1v) is 9.60. The number of nitrogens with two attached hydrogens (primary N) is 1. The first kappa shape index (κ1) is 18.7. The highest BCUT2D eigenvalue weighted by Crippen LogP contribution is 2.32. The van der Waals surface area contributed by atoms with Gasteiger partial charge in [0, 0.05) is 18.2 Å². The van der Waals surface area contributed by atoms with Gasteiger partial charge >= 0.3 is 0 Å². The van der Waals surface area contributed by atoms with Gasteiger partial charge in [0.15, 0.2) is 17.7 Å². The molecule has 4 N–H and O–H groups in total. The van der Waals surface area contributed by atoms with Gasteiger partial charge in [-0.3, -0.25) is 4.57 Å². The Morgan fingerprint density at radius 1 is 1.20 bits per heavy atom. The van der Waals surface area contributed by atoms with Crippen LogP contribution in [0.4, 0.5) is 5.82 Å². The molecule has 30 heavy (non-hydrogen) atoms. The number of aromatic nitrogens is 6. The average molecular weight is 407 g/mol. The summed E-state index contributed by atoms with van der Waals surface area (Å²) in [4.78, 5) is 13.2. The molecule has 1 unspecified atom stereocenters. The van der Waals surface area contributed by atoms with Crippen LogP contribution in [0.25, 0.3) is 28.2 Å². The Labute approximate surface area is 171 Å². The second-order valence-electron chi connectivity index (χ2n) is 7.41. The third kappa shape index (κ3) is 3.11. The number of aliphatic hydroxyl groups is 2. The predicted octanol–water partition coefficient (Wildman–Crippen LogP) is 1.21. The van der Waals surface area contributed by atoms with Gasteiger partial charge < -0.3 is 20.7 Å². The molecule has 4 aromatic rings. The van der Waals surface area contributed by atoms with Crippen molar-refractivity contribution < 1.29 is 14.9 Å². The number of rotatable bonds is 4. The molecule has 10 heteroatoms. The number of imidazole rings is 1. The third-order valence-electron chi connectivity index (χ3n) is 5.25. The maximum absolute atomic E-state index is 10.3. The Morgan fingerprint density at radius 2 is 2.00 bits per heavy atom. The van der Waals surface area contributed by atoms with Gasteiger partial charge in [0.05, 0.1) is 25.2 Å². The smallest absolute Gasteiger partial charge is 0.254 e.